The molecule has 1 amide bonds. The SMILES string of the molecule is Cc1nn(C)cc1-c1nc2c(nc(C(=O)N3CCC(N4CC(C)OC(C)C4)CC3)n2C)c(N2CCOCC2)c1F. The van der Waals surface area contributed by atoms with Gasteiger partial charge in [-0.15, -0.1) is 0 Å². The highest BCUT2D eigenvalue weighted by Gasteiger charge is 2.34. The Kier molecular flexibility index (Phi) is 7.26. The molecule has 6 heterocycles. The lowest BCUT2D eigenvalue weighted by molar-refractivity contribution is -0.0856. The smallest absolute Gasteiger partial charge is 0.289 e. The number of amides is 1. The minimum Gasteiger partial charge on any atom is -0.378 e. The monoisotopic (exact) mass is 554 g/mol. The second kappa shape index (κ2) is 10.7. The van der Waals surface area contributed by atoms with Gasteiger partial charge in [0.1, 0.15) is 16.9 Å². The molecule has 3 aromatic heterocycles. The van der Waals surface area contributed by atoms with Gasteiger partial charge >= 0.3 is 0 Å². The van der Waals surface area contributed by atoms with Gasteiger partial charge in [-0.05, 0) is 33.6 Å². The van der Waals surface area contributed by atoms with Gasteiger partial charge in [-0.1, -0.05) is 0 Å². The predicted octanol–water partition coefficient (Wildman–Crippen LogP) is 2.37. The van der Waals surface area contributed by atoms with Crippen molar-refractivity contribution >= 4 is 22.8 Å². The first-order valence-electron chi connectivity index (χ1n) is 14.3. The Labute approximate surface area is 233 Å². The number of carbonyl (C=O) groups excluding carboxylic acids is 1. The summed E-state index contributed by atoms with van der Waals surface area (Å²) in [5.74, 6) is -0.309. The Balaban J connectivity index is 1.32. The average Bonchev–Trinajstić information content (AvgIpc) is 3.45. The lowest BCUT2D eigenvalue weighted by Crippen LogP contribution is -2.53. The van der Waals surface area contributed by atoms with E-state index in [9.17, 15) is 4.79 Å². The van der Waals surface area contributed by atoms with E-state index in [2.05, 4.69) is 23.8 Å². The van der Waals surface area contributed by atoms with Crippen LogP contribution in [0, 0.1) is 12.7 Å². The number of piperidine rings is 1. The van der Waals surface area contributed by atoms with Crippen LogP contribution >= 0.6 is 0 Å². The Morgan fingerprint density at radius 1 is 1.02 bits per heavy atom. The number of morpholine rings is 2. The molecule has 0 spiro atoms. The van der Waals surface area contributed by atoms with Crippen molar-refractivity contribution in [3.05, 3.63) is 23.5 Å². The van der Waals surface area contributed by atoms with E-state index >= 15 is 4.39 Å². The Morgan fingerprint density at radius 3 is 2.33 bits per heavy atom. The number of ether oxygens (including phenoxy) is 2. The topological polar surface area (TPSA) is 93.8 Å². The molecule has 2 atom stereocenters. The molecule has 0 aromatic carbocycles. The number of carbonyl (C=O) groups is 1. The summed E-state index contributed by atoms with van der Waals surface area (Å²) in [4.78, 5) is 29.6. The minimum atomic E-state index is -0.447. The van der Waals surface area contributed by atoms with Crippen LogP contribution < -0.4 is 4.90 Å². The van der Waals surface area contributed by atoms with E-state index in [1.54, 1.807) is 29.5 Å². The third kappa shape index (κ3) is 4.86. The summed E-state index contributed by atoms with van der Waals surface area (Å²) < 4.78 is 31.1. The van der Waals surface area contributed by atoms with Gasteiger partial charge in [0.15, 0.2) is 11.5 Å². The fourth-order valence-corrected chi connectivity index (χ4v) is 6.52. The Hall–Kier alpha value is -3.09. The van der Waals surface area contributed by atoms with E-state index in [0.29, 0.717) is 73.5 Å². The predicted molar refractivity (Wildman–Crippen MR) is 149 cm³/mol. The maximum absolute atomic E-state index is 16.3. The van der Waals surface area contributed by atoms with Crippen LogP contribution in [0.25, 0.3) is 22.4 Å². The molecule has 3 fully saturated rings. The quantitative estimate of drug-likeness (QED) is 0.486. The van der Waals surface area contributed by atoms with Crippen molar-refractivity contribution in [2.75, 3.05) is 57.4 Å². The molecule has 0 aliphatic carbocycles. The van der Waals surface area contributed by atoms with E-state index < -0.39 is 5.82 Å². The van der Waals surface area contributed by atoms with E-state index in [0.717, 1.165) is 25.9 Å². The standard InChI is InChI=1S/C28H39FN8O3/c1-17-14-37(15-18(2)40-17)20-6-8-36(9-7-20)28(38)27-31-24-25(35-10-12-39-13-11-35)22(29)23(30-26(24)34(27)5)21-16-33(4)32-19(21)3/h16-18,20H,6-15H2,1-5H3. The number of imidazole rings is 1. The second-order valence-electron chi connectivity index (χ2n) is 11.4. The fourth-order valence-electron chi connectivity index (χ4n) is 6.52. The van der Waals surface area contributed by atoms with Gasteiger partial charge in [0.2, 0.25) is 5.82 Å². The van der Waals surface area contributed by atoms with Crippen LogP contribution in [-0.2, 0) is 23.6 Å². The summed E-state index contributed by atoms with van der Waals surface area (Å²) in [7, 11) is 3.60. The van der Waals surface area contributed by atoms with E-state index in [1.807, 2.05) is 16.7 Å². The number of halogens is 1. The van der Waals surface area contributed by atoms with Crippen LogP contribution in [-0.4, -0.2) is 111 Å². The molecular formula is C28H39FN8O3. The summed E-state index contributed by atoms with van der Waals surface area (Å²) in [5.41, 5.74) is 2.79. The second-order valence-corrected chi connectivity index (χ2v) is 11.4. The number of likely N-dealkylation sites (tertiary alicyclic amines) is 1. The van der Waals surface area contributed by atoms with E-state index in [1.165, 1.54) is 0 Å². The first-order valence-corrected chi connectivity index (χ1v) is 14.3. The number of aromatic nitrogens is 5. The number of hydrogen-bond acceptors (Lipinski definition) is 8. The lowest BCUT2D eigenvalue weighted by atomic mass is 10.0. The highest BCUT2D eigenvalue weighted by atomic mass is 19.1. The van der Waals surface area contributed by atoms with E-state index in [4.69, 9.17) is 19.4 Å². The fraction of sp³-hybridized carbons (Fsp3) is 0.643. The van der Waals surface area contributed by atoms with Crippen molar-refractivity contribution in [2.45, 2.75) is 51.9 Å². The van der Waals surface area contributed by atoms with Crippen molar-refractivity contribution in [1.29, 1.82) is 0 Å². The Morgan fingerprint density at radius 2 is 1.70 bits per heavy atom. The lowest BCUT2D eigenvalue weighted by Gasteiger charge is -2.43. The summed E-state index contributed by atoms with van der Waals surface area (Å²) in [6, 6.07) is 0.437. The van der Waals surface area contributed by atoms with Crippen molar-refractivity contribution in [3.63, 3.8) is 0 Å². The molecule has 3 saturated heterocycles. The van der Waals surface area contributed by atoms with Gasteiger partial charge in [0, 0.05) is 71.2 Å². The molecule has 0 N–H and O–H groups in total. The molecule has 0 saturated carbocycles. The molecule has 3 aromatic rings. The maximum Gasteiger partial charge on any atom is 0.289 e. The van der Waals surface area contributed by atoms with Crippen LogP contribution in [0.2, 0.25) is 0 Å². The number of anilines is 1. The van der Waals surface area contributed by atoms with Crippen LogP contribution in [0.4, 0.5) is 10.1 Å². The molecule has 0 radical (unpaired) electrons. The van der Waals surface area contributed by atoms with Gasteiger partial charge in [0.25, 0.3) is 5.91 Å². The Bertz CT molecular complexity index is 1400. The molecule has 2 unspecified atom stereocenters. The average molecular weight is 555 g/mol. The van der Waals surface area contributed by atoms with Crippen molar-refractivity contribution < 1.29 is 18.7 Å². The number of pyridine rings is 1. The van der Waals surface area contributed by atoms with Crippen LogP contribution in [0.1, 0.15) is 43.0 Å². The van der Waals surface area contributed by atoms with Crippen molar-refractivity contribution in [3.8, 4) is 11.3 Å². The highest BCUT2D eigenvalue weighted by Crippen LogP contribution is 2.36. The third-order valence-electron chi connectivity index (χ3n) is 8.43. The molecule has 12 heteroatoms. The molecule has 216 valence electrons. The van der Waals surface area contributed by atoms with Crippen molar-refractivity contribution in [2.24, 2.45) is 14.1 Å². The molecule has 40 heavy (non-hydrogen) atoms. The normalized spacial score (nSPS) is 23.4. The van der Waals surface area contributed by atoms with Crippen LogP contribution in [0.15, 0.2) is 6.20 Å². The third-order valence-corrected chi connectivity index (χ3v) is 8.43. The molecule has 3 aliphatic rings. The zero-order valence-electron chi connectivity index (χ0n) is 24.1. The number of nitrogens with zero attached hydrogens (tertiary/aromatic N) is 8. The van der Waals surface area contributed by atoms with Crippen molar-refractivity contribution in [1.82, 2.24) is 34.1 Å². The summed E-state index contributed by atoms with van der Waals surface area (Å²) >= 11 is 0. The molecule has 0 bridgehead atoms. The summed E-state index contributed by atoms with van der Waals surface area (Å²) in [5, 5.41) is 4.40. The first kappa shape index (κ1) is 27.1. The summed E-state index contributed by atoms with van der Waals surface area (Å²) in [6.45, 7) is 11.3. The van der Waals surface area contributed by atoms with Gasteiger partial charge in [-0.2, -0.15) is 5.10 Å². The highest BCUT2D eigenvalue weighted by molar-refractivity contribution is 5.98. The zero-order chi connectivity index (χ0) is 28.1. The van der Waals surface area contributed by atoms with Gasteiger partial charge < -0.3 is 23.8 Å². The molecule has 6 rings (SSSR count). The zero-order valence-corrected chi connectivity index (χ0v) is 24.1. The summed E-state index contributed by atoms with van der Waals surface area (Å²) in [6.07, 6.45) is 4.03. The maximum atomic E-state index is 16.3. The largest absolute Gasteiger partial charge is 0.378 e. The molecule has 11 nitrogen and oxygen atoms in total. The van der Waals surface area contributed by atoms with Gasteiger partial charge in [-0.3, -0.25) is 14.4 Å². The minimum absolute atomic E-state index is 0.143. The van der Waals surface area contributed by atoms with Crippen LogP contribution in [0.5, 0.6) is 0 Å². The van der Waals surface area contributed by atoms with Gasteiger partial charge in [-0.25, -0.2) is 14.4 Å². The number of hydrogen-bond donors (Lipinski definition) is 0. The molecular weight excluding hydrogens is 515 g/mol. The van der Waals surface area contributed by atoms with E-state index in [-0.39, 0.29) is 29.6 Å². The van der Waals surface area contributed by atoms with Gasteiger partial charge in [0.05, 0.1) is 31.1 Å². The van der Waals surface area contributed by atoms with Crippen LogP contribution in [0.3, 0.4) is 0 Å². The number of aryl methyl sites for hydroxylation is 3. The number of rotatable bonds is 4. The molecule has 3 aliphatic heterocycles. The first-order chi connectivity index (χ1) is 19.2. The number of fused-ring (bicyclic) bond motifs is 1.